The average molecular weight is 360 g/mol. The maximum Gasteiger partial charge on any atom is 0.411 e. The number of benzene rings is 1. The molecule has 132 valence electrons. The highest BCUT2D eigenvalue weighted by atomic mass is 35.5. The highest BCUT2D eigenvalue weighted by Crippen LogP contribution is 2.28. The highest BCUT2D eigenvalue weighted by molar-refractivity contribution is 6.30. The van der Waals surface area contributed by atoms with Crippen molar-refractivity contribution in [1.29, 1.82) is 0 Å². The van der Waals surface area contributed by atoms with Crippen molar-refractivity contribution >= 4 is 23.7 Å². The number of ether oxygens (including phenoxy) is 2. The molecule has 2 rings (SSSR count). The smallest absolute Gasteiger partial charge is 0.411 e. The summed E-state index contributed by atoms with van der Waals surface area (Å²) in [6, 6.07) is 2.85. The molecular formula is C16H19ClFNO5. The lowest BCUT2D eigenvalue weighted by Crippen LogP contribution is -2.43. The first kappa shape index (κ1) is 18.3. The Balaban J connectivity index is 2.11. The summed E-state index contributed by atoms with van der Waals surface area (Å²) in [7, 11) is 0. The first-order valence-electron chi connectivity index (χ1n) is 7.41. The molecule has 6 nitrogen and oxygen atoms in total. The molecule has 0 spiro atoms. The summed E-state index contributed by atoms with van der Waals surface area (Å²) >= 11 is 5.68. The number of carbonyl (C=O) groups excluding carboxylic acids is 1. The highest BCUT2D eigenvalue weighted by Gasteiger charge is 2.42. The van der Waals surface area contributed by atoms with Crippen molar-refractivity contribution in [3.63, 3.8) is 0 Å². The molecule has 0 saturated carbocycles. The molecule has 1 aliphatic heterocycles. The van der Waals surface area contributed by atoms with Crippen molar-refractivity contribution in [2.75, 3.05) is 6.54 Å². The Hall–Kier alpha value is -2.02. The molecule has 2 atom stereocenters. The topological polar surface area (TPSA) is 76.1 Å². The third-order valence-electron chi connectivity index (χ3n) is 3.36. The van der Waals surface area contributed by atoms with Crippen molar-refractivity contribution in [1.82, 2.24) is 4.90 Å². The maximum absolute atomic E-state index is 13.8. The van der Waals surface area contributed by atoms with Gasteiger partial charge in [-0.2, -0.15) is 0 Å². The number of rotatable bonds is 3. The number of hydrogen-bond acceptors (Lipinski definition) is 4. The Morgan fingerprint density at radius 3 is 2.58 bits per heavy atom. The minimum Gasteiger partial charge on any atom is -0.485 e. The molecule has 0 aromatic heterocycles. The summed E-state index contributed by atoms with van der Waals surface area (Å²) in [6.07, 6.45) is -1.36. The van der Waals surface area contributed by atoms with Gasteiger partial charge in [0.15, 0.2) is 11.6 Å². The predicted octanol–water partition coefficient (Wildman–Crippen LogP) is 3.32. The van der Waals surface area contributed by atoms with Crippen LogP contribution in [0.25, 0.3) is 0 Å². The molecule has 1 aliphatic rings. The Labute approximate surface area is 144 Å². The van der Waals surface area contributed by atoms with Gasteiger partial charge in [-0.1, -0.05) is 11.6 Å². The number of amides is 1. The third-order valence-corrected chi connectivity index (χ3v) is 3.60. The van der Waals surface area contributed by atoms with Crippen LogP contribution in [0.4, 0.5) is 9.18 Å². The summed E-state index contributed by atoms with van der Waals surface area (Å²) in [5, 5.41) is 9.54. The number of carboxylic acid groups (broad SMARTS) is 1. The molecule has 1 fully saturated rings. The van der Waals surface area contributed by atoms with Gasteiger partial charge in [0.25, 0.3) is 0 Å². The van der Waals surface area contributed by atoms with E-state index in [1.165, 1.54) is 12.1 Å². The molecule has 8 heteroatoms. The lowest BCUT2D eigenvalue weighted by molar-refractivity contribution is -0.142. The van der Waals surface area contributed by atoms with E-state index in [0.29, 0.717) is 0 Å². The monoisotopic (exact) mass is 359 g/mol. The molecule has 0 bridgehead atoms. The second-order valence-corrected chi connectivity index (χ2v) is 6.97. The number of aliphatic carboxylic acids is 1. The van der Waals surface area contributed by atoms with Gasteiger partial charge in [0.2, 0.25) is 0 Å². The second kappa shape index (κ2) is 6.84. The summed E-state index contributed by atoms with van der Waals surface area (Å²) < 4.78 is 24.5. The Bertz CT molecular complexity index is 646. The zero-order valence-corrected chi connectivity index (χ0v) is 14.3. The number of hydrogen-bond donors (Lipinski definition) is 1. The van der Waals surface area contributed by atoms with Crippen LogP contribution >= 0.6 is 11.6 Å². The van der Waals surface area contributed by atoms with Gasteiger partial charge in [0, 0.05) is 11.4 Å². The maximum atomic E-state index is 13.8. The largest absolute Gasteiger partial charge is 0.485 e. The van der Waals surface area contributed by atoms with Crippen LogP contribution in [0, 0.1) is 5.82 Å². The van der Waals surface area contributed by atoms with E-state index in [2.05, 4.69) is 0 Å². The lowest BCUT2D eigenvalue weighted by atomic mass is 10.2. The van der Waals surface area contributed by atoms with E-state index < -0.39 is 35.6 Å². The fourth-order valence-electron chi connectivity index (χ4n) is 2.39. The molecule has 24 heavy (non-hydrogen) atoms. The van der Waals surface area contributed by atoms with Crippen LogP contribution < -0.4 is 4.74 Å². The molecule has 0 radical (unpaired) electrons. The molecule has 1 N–H and O–H groups in total. The van der Waals surface area contributed by atoms with Crippen LogP contribution in [0.15, 0.2) is 18.2 Å². The number of carboxylic acids is 1. The fourth-order valence-corrected chi connectivity index (χ4v) is 2.55. The summed E-state index contributed by atoms with van der Waals surface area (Å²) in [5.74, 6) is -1.85. The Morgan fingerprint density at radius 1 is 1.38 bits per heavy atom. The van der Waals surface area contributed by atoms with E-state index in [9.17, 15) is 19.1 Å². The molecule has 1 amide bonds. The van der Waals surface area contributed by atoms with E-state index in [0.717, 1.165) is 11.0 Å². The van der Waals surface area contributed by atoms with Crippen LogP contribution in [0.3, 0.4) is 0 Å². The van der Waals surface area contributed by atoms with Gasteiger partial charge in [0.05, 0.1) is 6.54 Å². The van der Waals surface area contributed by atoms with Gasteiger partial charge in [-0.05, 0) is 39.0 Å². The van der Waals surface area contributed by atoms with Crippen molar-refractivity contribution < 1.29 is 28.6 Å². The zero-order chi connectivity index (χ0) is 18.1. The van der Waals surface area contributed by atoms with E-state index in [4.69, 9.17) is 21.1 Å². The number of likely N-dealkylation sites (tertiary alicyclic amines) is 1. The minimum atomic E-state index is -1.16. The normalized spacial score (nSPS) is 20.8. The van der Waals surface area contributed by atoms with E-state index >= 15 is 0 Å². The zero-order valence-electron chi connectivity index (χ0n) is 13.6. The van der Waals surface area contributed by atoms with Crippen molar-refractivity contribution in [3.8, 4) is 5.75 Å². The quantitative estimate of drug-likeness (QED) is 0.895. The van der Waals surface area contributed by atoms with Gasteiger partial charge >= 0.3 is 12.1 Å². The predicted molar refractivity (Wildman–Crippen MR) is 84.8 cm³/mol. The SMILES string of the molecule is CC(C)(C)OC(=O)N1C[C@@H](Oc2ccc(Cl)cc2F)C[C@H]1C(=O)O. The summed E-state index contributed by atoms with van der Waals surface area (Å²) in [5.41, 5.74) is -0.749. The standard InChI is InChI=1S/C16H19ClFNO5/c1-16(2,3)24-15(22)19-8-10(7-12(19)14(20)21)23-13-5-4-9(17)6-11(13)18/h4-6,10,12H,7-8H2,1-3H3,(H,20,21)/t10-,12-/m0/s1. The Kier molecular flexibility index (Phi) is 5.22. The molecule has 1 aromatic carbocycles. The van der Waals surface area contributed by atoms with Crippen LogP contribution in [-0.4, -0.2) is 46.4 Å². The first-order chi connectivity index (χ1) is 11.1. The third kappa shape index (κ3) is 4.50. The number of nitrogens with zero attached hydrogens (tertiary/aromatic N) is 1. The van der Waals surface area contributed by atoms with Crippen LogP contribution in [0.2, 0.25) is 5.02 Å². The van der Waals surface area contributed by atoms with Crippen molar-refractivity contribution in [2.24, 2.45) is 0 Å². The molecule has 1 heterocycles. The summed E-state index contributed by atoms with van der Waals surface area (Å²) in [4.78, 5) is 24.7. The van der Waals surface area contributed by atoms with Gasteiger partial charge in [-0.3, -0.25) is 4.90 Å². The van der Waals surface area contributed by atoms with Crippen LogP contribution in [-0.2, 0) is 9.53 Å². The van der Waals surface area contributed by atoms with Gasteiger partial charge in [0.1, 0.15) is 17.7 Å². The molecular weight excluding hydrogens is 341 g/mol. The van der Waals surface area contributed by atoms with E-state index in [1.54, 1.807) is 20.8 Å². The van der Waals surface area contributed by atoms with Crippen LogP contribution in [0.1, 0.15) is 27.2 Å². The number of halogens is 2. The van der Waals surface area contributed by atoms with Gasteiger partial charge in [-0.15, -0.1) is 0 Å². The first-order valence-corrected chi connectivity index (χ1v) is 7.79. The van der Waals surface area contributed by atoms with Gasteiger partial charge < -0.3 is 14.6 Å². The van der Waals surface area contributed by atoms with Gasteiger partial charge in [-0.25, -0.2) is 14.0 Å². The molecule has 0 unspecified atom stereocenters. The molecule has 1 saturated heterocycles. The van der Waals surface area contributed by atoms with Crippen LogP contribution in [0.5, 0.6) is 5.75 Å². The summed E-state index contributed by atoms with van der Waals surface area (Å²) in [6.45, 7) is 5.06. The molecule has 1 aromatic rings. The number of carbonyl (C=O) groups is 2. The van der Waals surface area contributed by atoms with Crippen molar-refractivity contribution in [3.05, 3.63) is 29.0 Å². The molecule has 0 aliphatic carbocycles. The average Bonchev–Trinajstić information content (AvgIpc) is 2.84. The van der Waals surface area contributed by atoms with E-state index in [-0.39, 0.29) is 23.7 Å². The Morgan fingerprint density at radius 2 is 2.04 bits per heavy atom. The van der Waals surface area contributed by atoms with Crippen molar-refractivity contribution in [2.45, 2.75) is 44.9 Å². The lowest BCUT2D eigenvalue weighted by Gasteiger charge is -2.26. The minimum absolute atomic E-state index is 0.00601. The fraction of sp³-hybridized carbons (Fsp3) is 0.500. The second-order valence-electron chi connectivity index (χ2n) is 6.54. The van der Waals surface area contributed by atoms with E-state index in [1.807, 2.05) is 0 Å².